The highest BCUT2D eigenvalue weighted by molar-refractivity contribution is 7.90. The maximum atomic E-state index is 13.2. The van der Waals surface area contributed by atoms with E-state index in [4.69, 9.17) is 4.74 Å². The van der Waals surface area contributed by atoms with Crippen LogP contribution in [0.5, 0.6) is 5.75 Å². The van der Waals surface area contributed by atoms with Gasteiger partial charge in [-0.05, 0) is 26.8 Å². The molecule has 0 aliphatic carbocycles. The Hall–Kier alpha value is -0.850. The van der Waals surface area contributed by atoms with E-state index in [2.05, 4.69) is 4.72 Å². The van der Waals surface area contributed by atoms with Gasteiger partial charge < -0.3 is 9.29 Å². The van der Waals surface area contributed by atoms with E-state index in [1.807, 2.05) is 0 Å². The van der Waals surface area contributed by atoms with Gasteiger partial charge in [-0.15, -0.1) is 4.72 Å². The molecule has 0 amide bonds. The molecule has 0 aliphatic heterocycles. The fraction of sp³-hybridized carbons (Fsp3) is 0.538. The molecule has 0 aliphatic rings. The van der Waals surface area contributed by atoms with Gasteiger partial charge in [0.1, 0.15) is 16.5 Å². The average molecular weight is 291 g/mol. The normalized spacial score (nSPS) is 15.4. The van der Waals surface area contributed by atoms with Crippen LogP contribution in [0.1, 0.15) is 32.4 Å². The minimum Gasteiger partial charge on any atom is -0.598 e. The number of ether oxygens (including phenoxy) is 1. The Kier molecular flexibility index (Phi) is 5.58. The molecule has 1 N–H and O–H groups in total. The number of alkyl halides is 2. The average Bonchev–Trinajstić information content (AvgIpc) is 2.34. The van der Waals surface area contributed by atoms with Crippen LogP contribution >= 0.6 is 0 Å². The van der Waals surface area contributed by atoms with Crippen molar-refractivity contribution in [2.24, 2.45) is 0 Å². The topological polar surface area (TPSA) is 44.3 Å². The van der Waals surface area contributed by atoms with Crippen molar-refractivity contribution in [1.29, 1.82) is 0 Å². The van der Waals surface area contributed by atoms with Crippen molar-refractivity contribution in [3.05, 3.63) is 29.8 Å². The van der Waals surface area contributed by atoms with Gasteiger partial charge in [-0.25, -0.2) is 8.78 Å². The Labute approximate surface area is 115 Å². The molecule has 1 rings (SSSR count). The van der Waals surface area contributed by atoms with Crippen LogP contribution < -0.4 is 9.46 Å². The van der Waals surface area contributed by atoms with Gasteiger partial charge in [-0.3, -0.25) is 0 Å². The van der Waals surface area contributed by atoms with E-state index in [0.717, 1.165) is 0 Å². The molecule has 0 saturated carbocycles. The van der Waals surface area contributed by atoms with Crippen molar-refractivity contribution in [3.8, 4) is 5.75 Å². The van der Waals surface area contributed by atoms with E-state index in [1.54, 1.807) is 45.0 Å². The molecule has 0 radical (unpaired) electrons. The Morgan fingerprint density at radius 3 is 2.32 bits per heavy atom. The number of hydrogen-bond acceptors (Lipinski definition) is 3. The summed E-state index contributed by atoms with van der Waals surface area (Å²) in [5, 5.41) is 0. The third-order valence-electron chi connectivity index (χ3n) is 2.52. The summed E-state index contributed by atoms with van der Waals surface area (Å²) in [5.41, 5.74) is 0.303. The Morgan fingerprint density at radius 1 is 1.26 bits per heavy atom. The summed E-state index contributed by atoms with van der Waals surface area (Å²) in [6.07, 6.45) is -2.68. The SMILES string of the molecule is COc1ccccc1[C@@H](N[S+]([O-])C(C)(C)C)C(F)F. The number of rotatable bonds is 5. The zero-order valence-electron chi connectivity index (χ0n) is 11.4. The van der Waals surface area contributed by atoms with Crippen molar-refractivity contribution < 1.29 is 18.1 Å². The van der Waals surface area contributed by atoms with Gasteiger partial charge in [0, 0.05) is 16.9 Å². The molecule has 0 spiro atoms. The second kappa shape index (κ2) is 6.54. The van der Waals surface area contributed by atoms with Gasteiger partial charge in [0.05, 0.1) is 7.11 Å². The lowest BCUT2D eigenvalue weighted by Crippen LogP contribution is -2.43. The molecule has 0 bridgehead atoms. The molecule has 0 heterocycles. The maximum Gasteiger partial charge on any atom is 0.262 e. The first kappa shape index (κ1) is 16.2. The summed E-state index contributed by atoms with van der Waals surface area (Å²) < 4.78 is 45.3. The summed E-state index contributed by atoms with van der Waals surface area (Å²) in [6.45, 7) is 5.17. The van der Waals surface area contributed by atoms with Crippen molar-refractivity contribution in [2.75, 3.05) is 7.11 Å². The second-order valence-electron chi connectivity index (χ2n) is 5.05. The highest BCUT2D eigenvalue weighted by Gasteiger charge is 2.35. The van der Waals surface area contributed by atoms with Crippen molar-refractivity contribution >= 4 is 11.4 Å². The van der Waals surface area contributed by atoms with Crippen LogP contribution in [0, 0.1) is 0 Å². The highest BCUT2D eigenvalue weighted by atomic mass is 32.2. The van der Waals surface area contributed by atoms with E-state index in [1.165, 1.54) is 7.11 Å². The summed E-state index contributed by atoms with van der Waals surface area (Å²) in [5.74, 6) is 0.353. The first-order valence-electron chi connectivity index (χ1n) is 5.86. The third kappa shape index (κ3) is 4.33. The van der Waals surface area contributed by atoms with Crippen molar-refractivity contribution in [3.63, 3.8) is 0 Å². The molecular formula is C13H19F2NO2S. The third-order valence-corrected chi connectivity index (χ3v) is 4.10. The van der Waals surface area contributed by atoms with Crippen molar-refractivity contribution in [2.45, 2.75) is 38.0 Å². The van der Waals surface area contributed by atoms with E-state index in [-0.39, 0.29) is 0 Å². The van der Waals surface area contributed by atoms with Crippen LogP contribution in [-0.4, -0.2) is 22.8 Å². The summed E-state index contributed by atoms with van der Waals surface area (Å²) >= 11 is -1.58. The Bertz CT molecular complexity index is 410. The Morgan fingerprint density at radius 2 is 1.84 bits per heavy atom. The van der Waals surface area contributed by atoms with E-state index >= 15 is 0 Å². The van der Waals surface area contributed by atoms with Crippen LogP contribution in [0.4, 0.5) is 8.78 Å². The van der Waals surface area contributed by atoms with Gasteiger partial charge in [-0.1, -0.05) is 18.2 Å². The predicted molar refractivity (Wildman–Crippen MR) is 72.8 cm³/mol. The molecule has 2 atom stereocenters. The summed E-state index contributed by atoms with van der Waals surface area (Å²) in [7, 11) is 1.42. The number of halogens is 2. The van der Waals surface area contributed by atoms with E-state index in [0.29, 0.717) is 11.3 Å². The second-order valence-corrected chi connectivity index (χ2v) is 7.05. The molecular weight excluding hydrogens is 272 g/mol. The van der Waals surface area contributed by atoms with Gasteiger partial charge >= 0.3 is 0 Å². The largest absolute Gasteiger partial charge is 0.598 e. The molecule has 3 nitrogen and oxygen atoms in total. The first-order valence-corrected chi connectivity index (χ1v) is 7.01. The molecule has 108 valence electrons. The number of hydrogen-bond donors (Lipinski definition) is 1. The summed E-state index contributed by atoms with van der Waals surface area (Å²) in [4.78, 5) is 0. The molecule has 1 aromatic rings. The molecule has 19 heavy (non-hydrogen) atoms. The van der Waals surface area contributed by atoms with Crippen LogP contribution in [0.15, 0.2) is 24.3 Å². The standard InChI is InChI=1S/C13H19F2NO2S/c1-13(2,3)19(17)16-11(12(14)15)9-7-5-6-8-10(9)18-4/h5-8,11-12,16H,1-4H3/t11-,19?/m1/s1. The molecule has 0 aromatic heterocycles. The Balaban J connectivity index is 3.01. The van der Waals surface area contributed by atoms with Crippen LogP contribution in [0.2, 0.25) is 0 Å². The van der Waals surface area contributed by atoms with Gasteiger partial charge in [-0.2, -0.15) is 0 Å². The van der Waals surface area contributed by atoms with Gasteiger partial charge in [0.2, 0.25) is 0 Å². The number of benzene rings is 1. The minimum absolute atomic E-state index is 0.303. The highest BCUT2D eigenvalue weighted by Crippen LogP contribution is 2.31. The fourth-order valence-electron chi connectivity index (χ4n) is 1.47. The predicted octanol–water partition coefficient (Wildman–Crippen LogP) is 3.05. The molecule has 6 heteroatoms. The van der Waals surface area contributed by atoms with Crippen molar-refractivity contribution in [1.82, 2.24) is 4.72 Å². The minimum atomic E-state index is -2.68. The van der Waals surface area contributed by atoms with Crippen LogP contribution in [-0.2, 0) is 11.4 Å². The monoisotopic (exact) mass is 291 g/mol. The number of para-hydroxylation sites is 1. The lowest BCUT2D eigenvalue weighted by atomic mass is 10.1. The molecule has 1 unspecified atom stereocenters. The molecule has 0 saturated heterocycles. The molecule has 1 aromatic carbocycles. The number of methoxy groups -OCH3 is 1. The van der Waals surface area contributed by atoms with E-state index < -0.39 is 28.6 Å². The number of nitrogens with one attached hydrogen (secondary N) is 1. The smallest absolute Gasteiger partial charge is 0.262 e. The van der Waals surface area contributed by atoms with Crippen LogP contribution in [0.3, 0.4) is 0 Å². The molecule has 0 fully saturated rings. The lowest BCUT2D eigenvalue weighted by molar-refractivity contribution is 0.107. The zero-order valence-corrected chi connectivity index (χ0v) is 12.3. The van der Waals surface area contributed by atoms with Gasteiger partial charge in [0.25, 0.3) is 6.43 Å². The quantitative estimate of drug-likeness (QED) is 0.848. The lowest BCUT2D eigenvalue weighted by Gasteiger charge is -2.28. The fourth-order valence-corrected chi connectivity index (χ4v) is 2.28. The van der Waals surface area contributed by atoms with Crippen LogP contribution in [0.25, 0.3) is 0 Å². The maximum absolute atomic E-state index is 13.2. The summed E-state index contributed by atoms with van der Waals surface area (Å²) in [6, 6.07) is 5.17. The zero-order chi connectivity index (χ0) is 14.6. The van der Waals surface area contributed by atoms with E-state index in [9.17, 15) is 13.3 Å². The first-order chi connectivity index (χ1) is 8.77. The van der Waals surface area contributed by atoms with Gasteiger partial charge in [0.15, 0.2) is 0 Å².